The summed E-state index contributed by atoms with van der Waals surface area (Å²) in [7, 11) is 3.24. The molecule has 49 heavy (non-hydrogen) atoms. The molecular formula is C36H65NO12. The molecule has 3 rings (SSSR count). The number of hydrogen-bond donors (Lipinski definition) is 5. The lowest BCUT2D eigenvalue weighted by molar-refractivity contribution is -0.315. The van der Waals surface area contributed by atoms with Crippen LogP contribution >= 0.6 is 0 Å². The third-order valence-electron chi connectivity index (χ3n) is 11.5. The van der Waals surface area contributed by atoms with Crippen LogP contribution in [0.3, 0.4) is 0 Å². The van der Waals surface area contributed by atoms with Crippen molar-refractivity contribution in [3.8, 4) is 0 Å². The Morgan fingerprint density at radius 1 is 0.898 bits per heavy atom. The van der Waals surface area contributed by atoms with Gasteiger partial charge in [0.1, 0.15) is 24.1 Å². The van der Waals surface area contributed by atoms with E-state index in [1.807, 2.05) is 13.8 Å². The Labute approximate surface area is 292 Å². The lowest BCUT2D eigenvalue weighted by atomic mass is 9.74. The summed E-state index contributed by atoms with van der Waals surface area (Å²) >= 11 is 0. The van der Waals surface area contributed by atoms with Gasteiger partial charge in [-0.1, -0.05) is 34.6 Å². The molecule has 0 amide bonds. The fourth-order valence-electron chi connectivity index (χ4n) is 8.16. The second kappa shape index (κ2) is 17.0. The number of carbonyl (C=O) groups excluding carboxylic acids is 2. The number of ether oxygens (including phenoxy) is 6. The number of aliphatic hydroxyl groups is 4. The molecule has 18 atom stereocenters. The summed E-state index contributed by atoms with van der Waals surface area (Å²) in [4.78, 5) is 27.7. The number of rotatable bonds is 7. The number of ketones is 1. The molecule has 5 N–H and O–H groups in total. The molecule has 0 saturated carbocycles. The number of aliphatic hydroxyl groups excluding tert-OH is 3. The highest BCUT2D eigenvalue weighted by atomic mass is 16.7. The molecule has 13 nitrogen and oxygen atoms in total. The topological polar surface area (TPSA) is 182 Å². The average Bonchev–Trinajstić information content (AvgIpc) is 3.05. The largest absolute Gasteiger partial charge is 0.462 e. The highest BCUT2D eigenvalue weighted by molar-refractivity contribution is 5.83. The Morgan fingerprint density at radius 3 is 2.10 bits per heavy atom. The SMILES string of the molecule is CCC1OC(=O)[C@H](C)C(O[C@H]2C[C@@](C)(OC)[C@@H](O)[C@H](C)O2)[C@H](C)[C@@H](O[C@@H]2O[C@H](C)C[C@H](NC)[C@H]2O)[C@](C)(O)C[C@@H](C)C(=O)[C@H](C)[C@@H](O)[C@H]1C. The summed E-state index contributed by atoms with van der Waals surface area (Å²) in [6, 6.07) is -0.348. The van der Waals surface area contributed by atoms with Gasteiger partial charge in [-0.2, -0.15) is 0 Å². The van der Waals surface area contributed by atoms with Crippen molar-refractivity contribution >= 4 is 11.8 Å². The standard InChI is InChI=1S/C36H65NO12/c1-13-25-19(4)28(39)20(5)27(38)17(2)15-35(9,43)32(49-34-29(40)24(37-11)14-18(3)45-34)21(6)30(22(7)33(42)47-25)48-26-16-36(10,44-12)31(41)23(8)46-26/h17-26,28-32,34,37,39-41,43H,13-16H2,1-12H3/t17-,18-,19+,20+,21+,22-,23+,24+,25?,26+,28+,29-,30?,31+,32-,34+,35-,36-/m1/s1. The number of Topliss-reactive ketones (excluding diaryl/α,β-unsaturated/α-hetero) is 1. The minimum atomic E-state index is -1.72. The molecule has 0 aromatic heterocycles. The van der Waals surface area contributed by atoms with E-state index in [2.05, 4.69) is 5.32 Å². The second-order valence-electron chi connectivity index (χ2n) is 15.6. The minimum Gasteiger partial charge on any atom is -0.462 e. The number of nitrogens with one attached hydrogen (secondary N) is 1. The van der Waals surface area contributed by atoms with Crippen molar-refractivity contribution in [2.24, 2.45) is 29.6 Å². The maximum absolute atomic E-state index is 14.0. The van der Waals surface area contributed by atoms with Gasteiger partial charge in [0.2, 0.25) is 0 Å². The predicted octanol–water partition coefficient (Wildman–Crippen LogP) is 2.33. The van der Waals surface area contributed by atoms with Gasteiger partial charge in [-0.05, 0) is 60.9 Å². The van der Waals surface area contributed by atoms with Crippen molar-refractivity contribution < 1.29 is 58.4 Å². The lowest BCUT2D eigenvalue weighted by Crippen LogP contribution is -2.60. The zero-order valence-electron chi connectivity index (χ0n) is 31.6. The summed E-state index contributed by atoms with van der Waals surface area (Å²) in [6.45, 7) is 17.3. The highest BCUT2D eigenvalue weighted by Gasteiger charge is 2.52. The smallest absolute Gasteiger partial charge is 0.311 e. The van der Waals surface area contributed by atoms with Crippen LogP contribution in [-0.2, 0) is 38.0 Å². The van der Waals surface area contributed by atoms with E-state index in [9.17, 15) is 30.0 Å². The molecular weight excluding hydrogens is 638 g/mol. The number of likely N-dealkylation sites (N-methyl/N-ethyl adjacent to an activating group) is 1. The number of carbonyl (C=O) groups is 2. The van der Waals surface area contributed by atoms with Gasteiger partial charge in [-0.15, -0.1) is 0 Å². The summed E-state index contributed by atoms with van der Waals surface area (Å²) in [5.74, 6) is -4.59. The summed E-state index contributed by atoms with van der Waals surface area (Å²) in [5, 5.41) is 48.9. The average molecular weight is 704 g/mol. The van der Waals surface area contributed by atoms with Crippen molar-refractivity contribution in [1.29, 1.82) is 0 Å². The molecule has 0 radical (unpaired) electrons. The van der Waals surface area contributed by atoms with Crippen LogP contribution in [0.4, 0.5) is 0 Å². The van der Waals surface area contributed by atoms with Gasteiger partial charge in [-0.25, -0.2) is 0 Å². The molecule has 0 aliphatic carbocycles. The lowest BCUT2D eigenvalue weighted by Gasteiger charge is -2.48. The Morgan fingerprint density at radius 2 is 1.53 bits per heavy atom. The molecule has 0 aromatic carbocycles. The van der Waals surface area contributed by atoms with E-state index in [1.54, 1.807) is 62.4 Å². The summed E-state index contributed by atoms with van der Waals surface area (Å²) in [5.41, 5.74) is -2.73. The summed E-state index contributed by atoms with van der Waals surface area (Å²) in [6.07, 6.45) is -7.96. The van der Waals surface area contributed by atoms with E-state index < -0.39 is 102 Å². The zero-order valence-corrected chi connectivity index (χ0v) is 31.6. The van der Waals surface area contributed by atoms with Gasteiger partial charge in [0.15, 0.2) is 12.6 Å². The first-order valence-corrected chi connectivity index (χ1v) is 18.1. The van der Waals surface area contributed by atoms with Gasteiger partial charge in [0, 0.05) is 43.2 Å². The third-order valence-corrected chi connectivity index (χ3v) is 11.5. The molecule has 3 aliphatic heterocycles. The summed E-state index contributed by atoms with van der Waals surface area (Å²) < 4.78 is 37.1. The molecule has 2 unspecified atom stereocenters. The minimum absolute atomic E-state index is 0.0479. The van der Waals surface area contributed by atoms with Crippen molar-refractivity contribution in [2.45, 2.75) is 174 Å². The maximum atomic E-state index is 14.0. The third kappa shape index (κ3) is 9.40. The molecule has 0 aromatic rings. The molecule has 3 saturated heterocycles. The van der Waals surface area contributed by atoms with Crippen molar-refractivity contribution in [3.63, 3.8) is 0 Å². The van der Waals surface area contributed by atoms with Gasteiger partial charge in [-0.3, -0.25) is 9.59 Å². The second-order valence-corrected chi connectivity index (χ2v) is 15.6. The van der Waals surface area contributed by atoms with Crippen LogP contribution in [-0.4, -0.2) is 125 Å². The monoisotopic (exact) mass is 703 g/mol. The predicted molar refractivity (Wildman–Crippen MR) is 180 cm³/mol. The fourth-order valence-corrected chi connectivity index (χ4v) is 8.16. The Balaban J connectivity index is 2.15. The molecule has 3 fully saturated rings. The quantitative estimate of drug-likeness (QED) is 0.244. The van der Waals surface area contributed by atoms with Crippen LogP contribution in [0.15, 0.2) is 0 Å². The Kier molecular flexibility index (Phi) is 14.7. The number of esters is 1. The Bertz CT molecular complexity index is 1090. The molecule has 286 valence electrons. The van der Waals surface area contributed by atoms with Crippen LogP contribution in [0, 0.1) is 29.6 Å². The number of hydrogen-bond acceptors (Lipinski definition) is 13. The van der Waals surface area contributed by atoms with E-state index in [0.29, 0.717) is 12.8 Å². The van der Waals surface area contributed by atoms with Gasteiger partial charge < -0.3 is 54.2 Å². The van der Waals surface area contributed by atoms with Gasteiger partial charge in [0.05, 0.1) is 47.6 Å². The van der Waals surface area contributed by atoms with Crippen LogP contribution in [0.5, 0.6) is 0 Å². The normalized spacial score (nSPS) is 49.6. The van der Waals surface area contributed by atoms with Crippen LogP contribution in [0.25, 0.3) is 0 Å². The van der Waals surface area contributed by atoms with Crippen molar-refractivity contribution in [1.82, 2.24) is 5.32 Å². The van der Waals surface area contributed by atoms with E-state index in [1.165, 1.54) is 7.11 Å². The molecule has 3 aliphatic rings. The van der Waals surface area contributed by atoms with Gasteiger partial charge in [0.25, 0.3) is 0 Å². The first kappa shape index (κ1) is 42.2. The van der Waals surface area contributed by atoms with E-state index in [-0.39, 0.29) is 30.8 Å². The highest BCUT2D eigenvalue weighted by Crippen LogP contribution is 2.40. The first-order chi connectivity index (χ1) is 22.7. The van der Waals surface area contributed by atoms with Crippen LogP contribution < -0.4 is 5.32 Å². The zero-order chi connectivity index (χ0) is 37.2. The molecule has 0 bridgehead atoms. The number of cyclic esters (lactones) is 1. The molecule has 0 spiro atoms. The number of methoxy groups -OCH3 is 1. The van der Waals surface area contributed by atoms with E-state index in [4.69, 9.17) is 28.4 Å². The van der Waals surface area contributed by atoms with E-state index in [0.717, 1.165) is 0 Å². The van der Waals surface area contributed by atoms with Crippen LogP contribution in [0.2, 0.25) is 0 Å². The van der Waals surface area contributed by atoms with Crippen molar-refractivity contribution in [2.75, 3.05) is 14.2 Å². The molecule has 3 heterocycles. The van der Waals surface area contributed by atoms with Crippen molar-refractivity contribution in [3.05, 3.63) is 0 Å². The first-order valence-electron chi connectivity index (χ1n) is 18.1. The van der Waals surface area contributed by atoms with Crippen LogP contribution in [0.1, 0.15) is 94.9 Å². The Hall–Kier alpha value is -1.26. The fraction of sp³-hybridized carbons (Fsp3) is 0.944. The van der Waals surface area contributed by atoms with E-state index >= 15 is 0 Å². The maximum Gasteiger partial charge on any atom is 0.311 e. The van der Waals surface area contributed by atoms with Gasteiger partial charge >= 0.3 is 5.97 Å². The molecule has 13 heteroatoms.